The summed E-state index contributed by atoms with van der Waals surface area (Å²) in [4.78, 5) is 52.1. The van der Waals surface area contributed by atoms with Crippen molar-refractivity contribution in [3.63, 3.8) is 0 Å². The topological polar surface area (TPSA) is 80.8 Å². The third-order valence-electron chi connectivity index (χ3n) is 6.24. The van der Waals surface area contributed by atoms with Gasteiger partial charge in [0, 0.05) is 31.9 Å². The lowest BCUT2D eigenvalue weighted by Gasteiger charge is -2.33. The Morgan fingerprint density at radius 2 is 1.79 bits per heavy atom. The van der Waals surface area contributed by atoms with Crippen LogP contribution in [0, 0.1) is 17.8 Å². The normalized spacial score (nSPS) is 25.0. The molecular weight excluding hydrogens is 370 g/mol. The molecule has 0 aromatic carbocycles. The second-order valence-corrected chi connectivity index (χ2v) is 9.14. The molecule has 4 atom stereocenters. The van der Waals surface area contributed by atoms with E-state index in [9.17, 15) is 19.2 Å². The number of carbonyl (C=O) groups is 4. The lowest BCUT2D eigenvalue weighted by molar-refractivity contribution is -0.144. The first kappa shape index (κ1) is 23.7. The number of ether oxygens (including phenoxy) is 1. The van der Waals surface area contributed by atoms with Gasteiger partial charge in [0.2, 0.25) is 17.5 Å². The van der Waals surface area contributed by atoms with E-state index >= 15 is 0 Å². The minimum atomic E-state index is -0.612. The molecule has 2 rings (SSSR count). The summed E-state index contributed by atoms with van der Waals surface area (Å²) in [6.45, 7) is 7.63. The maximum atomic E-state index is 13.1. The molecule has 6 nitrogen and oxygen atoms in total. The SMILES string of the molecule is CCC[C@H](CC(=O)[C@@H]1C[C@@H]2CCCC[C@@H]2N1C(C)=O)C(=O)C(=O)COCC(C)C. The molecule has 164 valence electrons. The van der Waals surface area contributed by atoms with E-state index in [0.29, 0.717) is 25.4 Å². The Morgan fingerprint density at radius 1 is 1.10 bits per heavy atom. The lowest BCUT2D eigenvalue weighted by Crippen LogP contribution is -2.45. The van der Waals surface area contributed by atoms with Crippen LogP contribution in [0.4, 0.5) is 0 Å². The third-order valence-corrected chi connectivity index (χ3v) is 6.24. The Morgan fingerprint density at radius 3 is 2.41 bits per heavy atom. The number of carbonyl (C=O) groups excluding carboxylic acids is 4. The maximum absolute atomic E-state index is 13.1. The van der Waals surface area contributed by atoms with Crippen LogP contribution >= 0.6 is 0 Å². The molecule has 1 aliphatic heterocycles. The van der Waals surface area contributed by atoms with Crippen molar-refractivity contribution in [2.45, 2.75) is 91.1 Å². The number of likely N-dealkylation sites (tertiary alicyclic amines) is 1. The van der Waals surface area contributed by atoms with Gasteiger partial charge in [0.15, 0.2) is 5.78 Å². The van der Waals surface area contributed by atoms with Gasteiger partial charge in [-0.2, -0.15) is 0 Å². The molecule has 1 saturated carbocycles. The predicted molar refractivity (Wildman–Crippen MR) is 110 cm³/mol. The molecule has 0 aromatic rings. The zero-order valence-electron chi connectivity index (χ0n) is 18.4. The molecule has 0 aromatic heterocycles. The molecule has 0 spiro atoms. The van der Waals surface area contributed by atoms with Crippen LogP contribution in [0.3, 0.4) is 0 Å². The van der Waals surface area contributed by atoms with Gasteiger partial charge >= 0.3 is 0 Å². The number of Topliss-reactive ketones (excluding diaryl/α,β-unsaturated/α-hetero) is 3. The first-order valence-electron chi connectivity index (χ1n) is 11.2. The van der Waals surface area contributed by atoms with Crippen LogP contribution in [0.15, 0.2) is 0 Å². The number of amides is 1. The highest BCUT2D eigenvalue weighted by atomic mass is 16.5. The van der Waals surface area contributed by atoms with Crippen LogP contribution in [-0.4, -0.2) is 53.5 Å². The first-order valence-corrected chi connectivity index (χ1v) is 11.2. The van der Waals surface area contributed by atoms with Crippen molar-refractivity contribution >= 4 is 23.3 Å². The van der Waals surface area contributed by atoms with E-state index in [0.717, 1.165) is 32.1 Å². The molecule has 29 heavy (non-hydrogen) atoms. The van der Waals surface area contributed by atoms with Gasteiger partial charge in [0.1, 0.15) is 6.61 Å². The van der Waals surface area contributed by atoms with Crippen LogP contribution in [0.5, 0.6) is 0 Å². The summed E-state index contributed by atoms with van der Waals surface area (Å²) in [6.07, 6.45) is 6.20. The predicted octanol–water partition coefficient (Wildman–Crippen LogP) is 3.35. The number of ketones is 3. The monoisotopic (exact) mass is 407 g/mol. The van der Waals surface area contributed by atoms with Gasteiger partial charge in [-0.25, -0.2) is 0 Å². The second-order valence-electron chi connectivity index (χ2n) is 9.14. The highest BCUT2D eigenvalue weighted by Gasteiger charge is 2.46. The minimum absolute atomic E-state index is 0.0382. The molecule has 2 fully saturated rings. The Bertz CT molecular complexity index is 614. The van der Waals surface area contributed by atoms with E-state index in [4.69, 9.17) is 4.74 Å². The second kappa shape index (κ2) is 11.0. The van der Waals surface area contributed by atoms with Crippen molar-refractivity contribution < 1.29 is 23.9 Å². The van der Waals surface area contributed by atoms with E-state index in [1.807, 2.05) is 20.8 Å². The van der Waals surface area contributed by atoms with Crippen LogP contribution in [-0.2, 0) is 23.9 Å². The summed E-state index contributed by atoms with van der Waals surface area (Å²) < 4.78 is 5.32. The van der Waals surface area contributed by atoms with Gasteiger partial charge in [0.05, 0.1) is 6.04 Å². The first-order chi connectivity index (χ1) is 13.8. The molecular formula is C23H37NO5. The van der Waals surface area contributed by atoms with Gasteiger partial charge in [0.25, 0.3) is 0 Å². The summed E-state index contributed by atoms with van der Waals surface area (Å²) in [5, 5.41) is 0. The van der Waals surface area contributed by atoms with Crippen LogP contribution < -0.4 is 0 Å². The fraction of sp³-hybridized carbons (Fsp3) is 0.826. The summed E-state index contributed by atoms with van der Waals surface area (Å²) >= 11 is 0. The molecule has 0 unspecified atom stereocenters. The number of hydrogen-bond donors (Lipinski definition) is 0. The maximum Gasteiger partial charge on any atom is 0.224 e. The van der Waals surface area contributed by atoms with E-state index in [2.05, 4.69) is 0 Å². The zero-order chi connectivity index (χ0) is 21.6. The van der Waals surface area contributed by atoms with E-state index in [1.54, 1.807) is 4.90 Å². The summed E-state index contributed by atoms with van der Waals surface area (Å²) in [7, 11) is 0. The van der Waals surface area contributed by atoms with Crippen molar-refractivity contribution in [1.29, 1.82) is 0 Å². The van der Waals surface area contributed by atoms with Gasteiger partial charge in [-0.15, -0.1) is 0 Å². The van der Waals surface area contributed by atoms with Crippen LogP contribution in [0.2, 0.25) is 0 Å². The standard InChI is InChI=1S/C23H37NO5/c1-5-8-18(23(28)22(27)14-29-13-15(2)3)12-21(26)20-11-17-9-6-7-10-19(17)24(20)16(4)25/h15,17-20H,5-14H2,1-4H3/t17-,18+,19-,20-/m0/s1. The Kier molecular flexibility index (Phi) is 9.00. The van der Waals surface area contributed by atoms with Crippen molar-refractivity contribution in [2.75, 3.05) is 13.2 Å². The average Bonchev–Trinajstić information content (AvgIpc) is 3.06. The fourth-order valence-corrected chi connectivity index (χ4v) is 4.94. The van der Waals surface area contributed by atoms with E-state index in [-0.39, 0.29) is 36.7 Å². The van der Waals surface area contributed by atoms with Gasteiger partial charge in [-0.05, 0) is 37.5 Å². The van der Waals surface area contributed by atoms with Gasteiger partial charge < -0.3 is 9.64 Å². The Labute approximate surface area is 174 Å². The lowest BCUT2D eigenvalue weighted by atomic mass is 9.83. The molecule has 0 N–H and O–H groups in total. The van der Waals surface area contributed by atoms with Gasteiger partial charge in [-0.3, -0.25) is 19.2 Å². The third kappa shape index (κ3) is 6.21. The highest BCUT2D eigenvalue weighted by Crippen LogP contribution is 2.40. The van der Waals surface area contributed by atoms with Gasteiger partial charge in [-0.1, -0.05) is 40.0 Å². The molecule has 0 radical (unpaired) electrons. The zero-order valence-corrected chi connectivity index (χ0v) is 18.4. The van der Waals surface area contributed by atoms with Crippen molar-refractivity contribution in [3.05, 3.63) is 0 Å². The fourth-order valence-electron chi connectivity index (χ4n) is 4.94. The van der Waals surface area contributed by atoms with Crippen molar-refractivity contribution in [1.82, 2.24) is 4.90 Å². The van der Waals surface area contributed by atoms with Crippen LogP contribution in [0.1, 0.15) is 79.1 Å². The Balaban J connectivity index is 2.03. The highest BCUT2D eigenvalue weighted by molar-refractivity contribution is 6.38. The molecule has 2 aliphatic rings. The van der Waals surface area contributed by atoms with E-state index in [1.165, 1.54) is 6.92 Å². The summed E-state index contributed by atoms with van der Waals surface area (Å²) in [5.41, 5.74) is 0. The molecule has 0 bridgehead atoms. The minimum Gasteiger partial charge on any atom is -0.373 e. The Hall–Kier alpha value is -1.56. The summed E-state index contributed by atoms with van der Waals surface area (Å²) in [6, 6.07) is -0.290. The molecule has 6 heteroatoms. The van der Waals surface area contributed by atoms with Crippen LogP contribution in [0.25, 0.3) is 0 Å². The largest absolute Gasteiger partial charge is 0.373 e. The number of fused-ring (bicyclic) bond motifs is 1. The smallest absolute Gasteiger partial charge is 0.224 e. The number of hydrogen-bond acceptors (Lipinski definition) is 5. The van der Waals surface area contributed by atoms with Crippen molar-refractivity contribution in [3.8, 4) is 0 Å². The molecule has 1 amide bonds. The number of rotatable bonds is 11. The van der Waals surface area contributed by atoms with E-state index < -0.39 is 23.5 Å². The summed E-state index contributed by atoms with van der Waals surface area (Å²) in [5.74, 6) is -1.14. The molecule has 1 saturated heterocycles. The molecule has 1 aliphatic carbocycles. The molecule has 1 heterocycles. The average molecular weight is 408 g/mol. The number of nitrogens with zero attached hydrogens (tertiary/aromatic N) is 1. The van der Waals surface area contributed by atoms with Crippen molar-refractivity contribution in [2.24, 2.45) is 17.8 Å². The quantitative estimate of drug-likeness (QED) is 0.491.